The van der Waals surface area contributed by atoms with Gasteiger partial charge in [0.1, 0.15) is 0 Å². The zero-order valence-corrected chi connectivity index (χ0v) is 10.4. The van der Waals surface area contributed by atoms with Crippen LogP contribution in [0.5, 0.6) is 0 Å². The minimum absolute atomic E-state index is 0.0859. The molecule has 0 heterocycles. The van der Waals surface area contributed by atoms with Gasteiger partial charge >= 0.3 is 0 Å². The number of aliphatic hydroxyl groups is 1. The van der Waals surface area contributed by atoms with Gasteiger partial charge in [-0.05, 0) is 17.7 Å². The highest BCUT2D eigenvalue weighted by molar-refractivity contribution is 7.91. The molecule has 16 heavy (non-hydrogen) atoms. The van der Waals surface area contributed by atoms with Gasteiger partial charge in [0, 0.05) is 29.7 Å². The molecule has 0 aliphatic heterocycles. The summed E-state index contributed by atoms with van der Waals surface area (Å²) in [5.41, 5.74) is 0.930. The van der Waals surface area contributed by atoms with E-state index in [0.29, 0.717) is 5.02 Å². The Balaban J connectivity index is 2.27. The van der Waals surface area contributed by atoms with Crippen LogP contribution in [0, 0.1) is 5.92 Å². The van der Waals surface area contributed by atoms with Crippen molar-refractivity contribution >= 4 is 21.4 Å². The lowest BCUT2D eigenvalue weighted by Crippen LogP contribution is -2.08. The van der Waals surface area contributed by atoms with Crippen LogP contribution in [0.15, 0.2) is 24.3 Å². The molecule has 0 spiro atoms. The normalized spacial score (nSPS) is 29.1. The molecule has 0 amide bonds. The molecule has 0 saturated heterocycles. The quantitative estimate of drug-likeness (QED) is 0.895. The zero-order valence-electron chi connectivity index (χ0n) is 8.80. The molecule has 1 fully saturated rings. The number of rotatable bonds is 3. The number of benzene rings is 1. The minimum atomic E-state index is -3.09. The van der Waals surface area contributed by atoms with E-state index in [9.17, 15) is 8.42 Å². The first kappa shape index (κ1) is 11.9. The van der Waals surface area contributed by atoms with Gasteiger partial charge in [-0.15, -0.1) is 0 Å². The van der Waals surface area contributed by atoms with Crippen LogP contribution in [-0.4, -0.2) is 31.6 Å². The Hall–Kier alpha value is -0.580. The summed E-state index contributed by atoms with van der Waals surface area (Å²) in [6.07, 6.45) is 1.22. The van der Waals surface area contributed by atoms with Gasteiger partial charge in [0.25, 0.3) is 0 Å². The largest absolute Gasteiger partial charge is 0.396 e. The van der Waals surface area contributed by atoms with Crippen molar-refractivity contribution in [1.82, 2.24) is 0 Å². The van der Waals surface area contributed by atoms with Crippen LogP contribution in [0.2, 0.25) is 5.02 Å². The van der Waals surface area contributed by atoms with Crippen LogP contribution in [0.25, 0.3) is 0 Å². The molecule has 3 atom stereocenters. The van der Waals surface area contributed by atoms with Crippen LogP contribution in [0.4, 0.5) is 0 Å². The topological polar surface area (TPSA) is 54.4 Å². The minimum Gasteiger partial charge on any atom is -0.396 e. The summed E-state index contributed by atoms with van der Waals surface area (Å²) in [7, 11) is -3.09. The average Bonchev–Trinajstić information content (AvgIpc) is 2.92. The molecule has 5 heteroatoms. The molecule has 2 rings (SSSR count). The Morgan fingerprint density at radius 3 is 2.25 bits per heavy atom. The van der Waals surface area contributed by atoms with Gasteiger partial charge in [-0.25, -0.2) is 8.42 Å². The highest BCUT2D eigenvalue weighted by Crippen LogP contribution is 2.51. The molecule has 0 bridgehead atoms. The molecule has 1 aromatic carbocycles. The first-order valence-electron chi connectivity index (χ1n) is 5.00. The molecule has 1 aromatic rings. The van der Waals surface area contributed by atoms with Crippen LogP contribution >= 0.6 is 11.6 Å². The van der Waals surface area contributed by atoms with Crippen molar-refractivity contribution in [2.24, 2.45) is 5.92 Å². The predicted molar refractivity (Wildman–Crippen MR) is 63.4 cm³/mol. The zero-order chi connectivity index (χ0) is 11.9. The molecule has 3 nitrogen and oxygen atoms in total. The van der Waals surface area contributed by atoms with Gasteiger partial charge in [0.2, 0.25) is 0 Å². The van der Waals surface area contributed by atoms with E-state index in [1.807, 2.05) is 12.1 Å². The Kier molecular flexibility index (Phi) is 2.99. The second-order valence-electron chi connectivity index (χ2n) is 4.22. The molecule has 88 valence electrons. The van der Waals surface area contributed by atoms with E-state index < -0.39 is 15.1 Å². The van der Waals surface area contributed by atoms with Crippen molar-refractivity contribution in [3.8, 4) is 0 Å². The maximum absolute atomic E-state index is 11.5. The summed E-state index contributed by atoms with van der Waals surface area (Å²) in [4.78, 5) is 0. The summed E-state index contributed by atoms with van der Waals surface area (Å²) in [6.45, 7) is -0.0922. The first-order valence-corrected chi connectivity index (χ1v) is 7.33. The van der Waals surface area contributed by atoms with Crippen molar-refractivity contribution in [1.29, 1.82) is 0 Å². The van der Waals surface area contributed by atoms with Crippen LogP contribution in [0.1, 0.15) is 11.5 Å². The fourth-order valence-corrected chi connectivity index (χ4v) is 4.08. The number of sulfone groups is 1. The highest BCUT2D eigenvalue weighted by atomic mass is 35.5. The van der Waals surface area contributed by atoms with E-state index in [2.05, 4.69) is 0 Å². The number of hydrogen-bond donors (Lipinski definition) is 1. The third-order valence-corrected chi connectivity index (χ3v) is 4.94. The van der Waals surface area contributed by atoms with Gasteiger partial charge in [-0.1, -0.05) is 23.7 Å². The fraction of sp³-hybridized carbons (Fsp3) is 0.455. The van der Waals surface area contributed by atoms with Gasteiger partial charge < -0.3 is 5.11 Å². The predicted octanol–water partition coefficient (Wildman–Crippen LogP) is 1.46. The van der Waals surface area contributed by atoms with E-state index in [4.69, 9.17) is 16.7 Å². The number of halogens is 1. The smallest absolute Gasteiger partial charge is 0.151 e. The summed E-state index contributed by atoms with van der Waals surface area (Å²) >= 11 is 5.77. The number of aliphatic hydroxyl groups excluding tert-OH is 1. The molecule has 0 unspecified atom stereocenters. The van der Waals surface area contributed by atoms with Crippen molar-refractivity contribution in [2.45, 2.75) is 11.2 Å². The Morgan fingerprint density at radius 1 is 1.31 bits per heavy atom. The number of hydrogen-bond acceptors (Lipinski definition) is 3. The van der Waals surface area contributed by atoms with Crippen LogP contribution in [0.3, 0.4) is 0 Å². The molecular weight excluding hydrogens is 248 g/mol. The molecule has 0 radical (unpaired) electrons. The second-order valence-corrected chi connectivity index (χ2v) is 6.86. The molecule has 1 N–H and O–H groups in total. The van der Waals surface area contributed by atoms with Crippen molar-refractivity contribution < 1.29 is 13.5 Å². The lowest BCUT2D eigenvalue weighted by atomic mass is 10.1. The van der Waals surface area contributed by atoms with Gasteiger partial charge in [-0.2, -0.15) is 0 Å². The van der Waals surface area contributed by atoms with Crippen molar-refractivity contribution in [2.75, 3.05) is 12.9 Å². The lowest BCUT2D eigenvalue weighted by Gasteiger charge is -1.99. The highest BCUT2D eigenvalue weighted by Gasteiger charge is 2.56. The summed E-state index contributed by atoms with van der Waals surface area (Å²) in [6, 6.07) is 7.12. The molecule has 1 saturated carbocycles. The monoisotopic (exact) mass is 260 g/mol. The maximum atomic E-state index is 11.5. The Bertz CT molecular complexity index is 480. The second kappa shape index (κ2) is 4.02. The molecule has 1 aliphatic rings. The summed E-state index contributed by atoms with van der Waals surface area (Å²) in [5.74, 6) is -0.256. The van der Waals surface area contributed by atoms with Gasteiger partial charge in [0.05, 0.1) is 5.25 Å². The van der Waals surface area contributed by atoms with Crippen molar-refractivity contribution in [3.05, 3.63) is 34.9 Å². The van der Waals surface area contributed by atoms with E-state index in [1.165, 1.54) is 6.26 Å². The SMILES string of the molecule is CS(=O)(=O)[C@@H]1[C@H](CO)[C@@H]1c1ccc(Cl)cc1. The Labute approximate surface area is 100.0 Å². The summed E-state index contributed by atoms with van der Waals surface area (Å²) < 4.78 is 23.0. The average molecular weight is 261 g/mol. The maximum Gasteiger partial charge on any atom is 0.151 e. The van der Waals surface area contributed by atoms with Crippen molar-refractivity contribution in [3.63, 3.8) is 0 Å². The van der Waals surface area contributed by atoms with E-state index >= 15 is 0 Å². The molecule has 0 aromatic heterocycles. The van der Waals surface area contributed by atoms with Crippen LogP contribution in [-0.2, 0) is 9.84 Å². The van der Waals surface area contributed by atoms with E-state index in [1.54, 1.807) is 12.1 Å². The van der Waals surface area contributed by atoms with Crippen LogP contribution < -0.4 is 0 Å². The fourth-order valence-electron chi connectivity index (χ4n) is 2.27. The van der Waals surface area contributed by atoms with E-state index in [0.717, 1.165) is 5.56 Å². The van der Waals surface area contributed by atoms with Gasteiger partial charge in [-0.3, -0.25) is 0 Å². The van der Waals surface area contributed by atoms with E-state index in [-0.39, 0.29) is 18.4 Å². The first-order chi connectivity index (χ1) is 7.45. The standard InChI is InChI=1S/C11H13ClO3S/c1-16(14,15)11-9(6-13)10(11)7-2-4-8(12)5-3-7/h2-5,9-11,13H,6H2,1H3/t9-,10+,11-/m1/s1. The third kappa shape index (κ3) is 2.10. The third-order valence-electron chi connectivity index (χ3n) is 3.06. The van der Waals surface area contributed by atoms with Gasteiger partial charge in [0.15, 0.2) is 9.84 Å². The molecular formula is C11H13ClO3S. The lowest BCUT2D eigenvalue weighted by molar-refractivity contribution is 0.274. The summed E-state index contributed by atoms with van der Waals surface area (Å²) in [5, 5.41) is 9.32. The molecule has 1 aliphatic carbocycles. The Morgan fingerprint density at radius 2 is 1.88 bits per heavy atom.